The second-order valence-electron chi connectivity index (χ2n) is 8.49. The van der Waals surface area contributed by atoms with Gasteiger partial charge >= 0.3 is 0 Å². The summed E-state index contributed by atoms with van der Waals surface area (Å²) in [6.07, 6.45) is 0. The Kier molecular flexibility index (Phi) is 6.93. The molecule has 0 unspecified atom stereocenters. The number of amides is 1. The second-order valence-corrected chi connectivity index (χ2v) is 8.49. The Morgan fingerprint density at radius 1 is 0.931 bits per heavy atom. The normalized spacial score (nSPS) is 19.1. The van der Waals surface area contributed by atoms with Crippen LogP contribution in [0.1, 0.15) is 27.8 Å². The largest absolute Gasteiger partial charge is 0.496 e. The maximum atomic E-state index is 12.6. The number of hydrogen-bond donors (Lipinski definition) is 3. The fraction of sp³-hybridized carbons (Fsp3) is 0.458. The van der Waals surface area contributed by atoms with Crippen molar-refractivity contribution in [3.05, 3.63) is 58.1 Å². The van der Waals surface area contributed by atoms with E-state index in [1.165, 1.54) is 21.6 Å². The second kappa shape index (κ2) is 9.42. The van der Waals surface area contributed by atoms with E-state index >= 15 is 0 Å². The molecule has 0 atom stereocenters. The molecule has 5 heteroatoms. The van der Waals surface area contributed by atoms with E-state index in [4.69, 9.17) is 4.74 Å². The predicted octanol–water partition coefficient (Wildman–Crippen LogP) is 0.851. The molecular weight excluding hydrogens is 362 g/mol. The number of methoxy groups -OCH3 is 1. The number of ether oxygens (including phenoxy) is 1. The van der Waals surface area contributed by atoms with Crippen LogP contribution in [0.15, 0.2) is 30.3 Å². The van der Waals surface area contributed by atoms with Gasteiger partial charge in [0.25, 0.3) is 5.91 Å². The van der Waals surface area contributed by atoms with E-state index in [2.05, 4.69) is 63.3 Å². The topological polar surface area (TPSA) is 47.2 Å². The summed E-state index contributed by atoms with van der Waals surface area (Å²) in [5.41, 5.74) is 7.00. The molecule has 0 aromatic heterocycles. The average molecular weight is 398 g/mol. The van der Waals surface area contributed by atoms with Crippen LogP contribution in [0.5, 0.6) is 5.75 Å². The number of benzene rings is 2. The number of carbonyl (C=O) groups is 1. The fourth-order valence-electron chi connectivity index (χ4n) is 4.41. The quantitative estimate of drug-likeness (QED) is 0.677. The highest BCUT2D eigenvalue weighted by Gasteiger charge is 2.26. The first-order valence-corrected chi connectivity index (χ1v) is 10.5. The molecule has 1 heterocycles. The standard InChI is InChI=1S/C24H33N3O2/c1-17-6-7-22(29-5)21(14-17)15-26-8-10-27(11-9-26)16-23(28)25-24-19(3)12-18(2)13-20(24)4/h6-7,12-14H,8-11,15-16H2,1-5H3,(H,25,28)/p+2. The minimum Gasteiger partial charge on any atom is -0.496 e. The monoisotopic (exact) mass is 397 g/mol. The van der Waals surface area contributed by atoms with Crippen LogP contribution in [-0.4, -0.2) is 45.7 Å². The number of rotatable bonds is 6. The van der Waals surface area contributed by atoms with Crippen molar-refractivity contribution in [3.63, 3.8) is 0 Å². The first kappa shape index (κ1) is 21.3. The van der Waals surface area contributed by atoms with Crippen molar-refractivity contribution in [2.45, 2.75) is 34.2 Å². The van der Waals surface area contributed by atoms with Crippen LogP contribution in [0.4, 0.5) is 5.69 Å². The Labute approximate surface area is 174 Å². The molecule has 0 radical (unpaired) electrons. The highest BCUT2D eigenvalue weighted by molar-refractivity contribution is 5.93. The van der Waals surface area contributed by atoms with Crippen molar-refractivity contribution in [3.8, 4) is 5.75 Å². The number of anilines is 1. The smallest absolute Gasteiger partial charge is 0.279 e. The minimum atomic E-state index is 0.110. The molecule has 1 saturated heterocycles. The van der Waals surface area contributed by atoms with Crippen LogP contribution in [0, 0.1) is 27.7 Å². The molecule has 5 nitrogen and oxygen atoms in total. The fourth-order valence-corrected chi connectivity index (χ4v) is 4.41. The van der Waals surface area contributed by atoms with Crippen molar-refractivity contribution in [1.82, 2.24) is 0 Å². The summed E-state index contributed by atoms with van der Waals surface area (Å²) < 4.78 is 5.53. The number of nitrogens with one attached hydrogen (secondary N) is 3. The van der Waals surface area contributed by atoms with Gasteiger partial charge in [0.15, 0.2) is 6.54 Å². The van der Waals surface area contributed by atoms with Gasteiger partial charge in [0.05, 0.1) is 7.11 Å². The van der Waals surface area contributed by atoms with Crippen LogP contribution in [0.25, 0.3) is 0 Å². The maximum Gasteiger partial charge on any atom is 0.279 e. The van der Waals surface area contributed by atoms with E-state index in [1.54, 1.807) is 12.0 Å². The van der Waals surface area contributed by atoms with Crippen molar-refractivity contribution in [2.75, 3.05) is 45.2 Å². The molecule has 1 aliphatic rings. The lowest BCUT2D eigenvalue weighted by molar-refractivity contribution is -1.02. The Balaban J connectivity index is 1.51. The molecule has 0 aliphatic carbocycles. The van der Waals surface area contributed by atoms with Gasteiger partial charge in [0.1, 0.15) is 38.5 Å². The third-order valence-electron chi connectivity index (χ3n) is 5.89. The zero-order valence-corrected chi connectivity index (χ0v) is 18.4. The summed E-state index contributed by atoms with van der Waals surface area (Å²) in [5, 5.41) is 3.14. The van der Waals surface area contributed by atoms with Gasteiger partial charge < -0.3 is 19.9 Å². The van der Waals surface area contributed by atoms with E-state index in [0.29, 0.717) is 6.54 Å². The zero-order valence-electron chi connectivity index (χ0n) is 18.4. The van der Waals surface area contributed by atoms with Crippen molar-refractivity contribution >= 4 is 11.6 Å². The van der Waals surface area contributed by atoms with Crippen molar-refractivity contribution in [1.29, 1.82) is 0 Å². The van der Waals surface area contributed by atoms with Gasteiger partial charge in [-0.2, -0.15) is 0 Å². The summed E-state index contributed by atoms with van der Waals surface area (Å²) >= 11 is 0. The molecule has 0 bridgehead atoms. The van der Waals surface area contributed by atoms with E-state index in [9.17, 15) is 4.79 Å². The number of quaternary nitrogens is 2. The van der Waals surface area contributed by atoms with Crippen LogP contribution >= 0.6 is 0 Å². The summed E-state index contributed by atoms with van der Waals surface area (Å²) in [5.74, 6) is 1.08. The molecule has 3 N–H and O–H groups in total. The van der Waals surface area contributed by atoms with Gasteiger partial charge in [-0.15, -0.1) is 0 Å². The summed E-state index contributed by atoms with van der Waals surface area (Å²) in [6.45, 7) is 14.0. The molecule has 29 heavy (non-hydrogen) atoms. The van der Waals surface area contributed by atoms with E-state index in [1.807, 2.05) is 0 Å². The minimum absolute atomic E-state index is 0.110. The predicted molar refractivity (Wildman–Crippen MR) is 117 cm³/mol. The lowest BCUT2D eigenvalue weighted by Gasteiger charge is -2.29. The van der Waals surface area contributed by atoms with Gasteiger partial charge in [0.2, 0.25) is 0 Å². The van der Waals surface area contributed by atoms with Crippen molar-refractivity contribution in [2.24, 2.45) is 0 Å². The van der Waals surface area contributed by atoms with Gasteiger partial charge in [-0.25, -0.2) is 0 Å². The third kappa shape index (κ3) is 5.58. The number of carbonyl (C=O) groups excluding carboxylic acids is 1. The molecule has 1 amide bonds. The molecule has 0 spiro atoms. The van der Waals surface area contributed by atoms with Gasteiger partial charge in [0, 0.05) is 11.3 Å². The molecule has 0 saturated carbocycles. The maximum absolute atomic E-state index is 12.6. The zero-order chi connectivity index (χ0) is 21.0. The van der Waals surface area contributed by atoms with Crippen LogP contribution < -0.4 is 19.9 Å². The highest BCUT2D eigenvalue weighted by Crippen LogP contribution is 2.21. The Bertz CT molecular complexity index is 847. The summed E-state index contributed by atoms with van der Waals surface area (Å²) in [7, 11) is 1.74. The molecule has 156 valence electrons. The van der Waals surface area contributed by atoms with E-state index < -0.39 is 0 Å². The first-order valence-electron chi connectivity index (χ1n) is 10.5. The Morgan fingerprint density at radius 2 is 1.55 bits per heavy atom. The summed E-state index contributed by atoms with van der Waals surface area (Å²) in [4.78, 5) is 15.5. The molecule has 1 fully saturated rings. The first-order chi connectivity index (χ1) is 13.9. The molecule has 2 aromatic rings. The average Bonchev–Trinajstić information content (AvgIpc) is 2.66. The van der Waals surface area contributed by atoms with Gasteiger partial charge in [-0.05, 0) is 51.0 Å². The molecular formula is C24H35N3O2+2. The molecule has 3 rings (SSSR count). The van der Waals surface area contributed by atoms with Crippen LogP contribution in [0.2, 0.25) is 0 Å². The SMILES string of the molecule is COc1ccc(C)cc1C[NH+]1CC[NH+](CC(=O)Nc2c(C)cc(C)cc2C)CC1. The Morgan fingerprint density at radius 3 is 2.17 bits per heavy atom. The van der Waals surface area contributed by atoms with E-state index in [-0.39, 0.29) is 5.91 Å². The third-order valence-corrected chi connectivity index (χ3v) is 5.89. The Hall–Kier alpha value is -2.37. The number of aryl methyl sites for hydroxylation is 4. The van der Waals surface area contributed by atoms with Gasteiger partial charge in [-0.3, -0.25) is 4.79 Å². The molecule has 2 aromatic carbocycles. The molecule has 1 aliphatic heterocycles. The van der Waals surface area contributed by atoms with Crippen molar-refractivity contribution < 1.29 is 19.3 Å². The van der Waals surface area contributed by atoms with Crippen LogP contribution in [-0.2, 0) is 11.3 Å². The lowest BCUT2D eigenvalue weighted by atomic mass is 10.1. The lowest BCUT2D eigenvalue weighted by Crippen LogP contribution is -3.28. The number of hydrogen-bond acceptors (Lipinski definition) is 2. The highest BCUT2D eigenvalue weighted by atomic mass is 16.5. The van der Waals surface area contributed by atoms with Crippen LogP contribution in [0.3, 0.4) is 0 Å². The summed E-state index contributed by atoms with van der Waals surface area (Å²) in [6, 6.07) is 10.6. The van der Waals surface area contributed by atoms with E-state index in [0.717, 1.165) is 55.3 Å². The number of piperazine rings is 1. The van der Waals surface area contributed by atoms with Gasteiger partial charge in [-0.1, -0.05) is 29.3 Å².